The molecular weight excluding hydrogens is 196 g/mol. The standard InChI is InChI=1S/C14H10N2/c1-2-6-12-8-4-10-16-14(12)13-11(5-1)7-3-9-15-13/h1-10H/b2-1-,5-1?,6-2?,11-5-,12-6-,14-13-. The molecule has 2 heteroatoms. The highest BCUT2D eigenvalue weighted by Gasteiger charge is 1.92. The summed E-state index contributed by atoms with van der Waals surface area (Å²) in [7, 11) is 0. The molecule has 0 radical (unpaired) electrons. The van der Waals surface area contributed by atoms with Crippen LogP contribution >= 0.6 is 0 Å². The van der Waals surface area contributed by atoms with Gasteiger partial charge in [0.05, 0.1) is 10.7 Å². The summed E-state index contributed by atoms with van der Waals surface area (Å²) < 4.78 is 0. The van der Waals surface area contributed by atoms with E-state index in [1.165, 1.54) is 0 Å². The largest absolute Gasteiger partial charge is 0.254 e. The van der Waals surface area contributed by atoms with Crippen molar-refractivity contribution in [3.63, 3.8) is 0 Å². The highest BCUT2D eigenvalue weighted by molar-refractivity contribution is 5.47. The maximum Gasteiger partial charge on any atom is 0.0964 e. The van der Waals surface area contributed by atoms with Gasteiger partial charge in [-0.3, -0.25) is 9.97 Å². The number of pyridine rings is 2. The minimum Gasteiger partial charge on any atom is -0.254 e. The molecule has 3 rings (SSSR count). The Balaban J connectivity index is 2.74. The normalized spacial score (nSPS) is 21.0. The van der Waals surface area contributed by atoms with Crippen LogP contribution in [0.15, 0.2) is 48.8 Å². The Bertz CT molecular complexity index is 692. The van der Waals surface area contributed by atoms with Gasteiger partial charge in [-0.25, -0.2) is 0 Å². The maximum atomic E-state index is 4.41. The van der Waals surface area contributed by atoms with Gasteiger partial charge in [-0.2, -0.15) is 0 Å². The Labute approximate surface area is 92.6 Å². The molecule has 0 N–H and O–H groups in total. The smallest absolute Gasteiger partial charge is 0.0964 e. The van der Waals surface area contributed by atoms with Crippen LogP contribution in [0.1, 0.15) is 0 Å². The van der Waals surface area contributed by atoms with Gasteiger partial charge < -0.3 is 0 Å². The molecule has 0 bridgehead atoms. The van der Waals surface area contributed by atoms with Crippen molar-refractivity contribution in [3.8, 4) is 0 Å². The van der Waals surface area contributed by atoms with Crippen LogP contribution in [-0.2, 0) is 0 Å². The molecule has 0 saturated heterocycles. The van der Waals surface area contributed by atoms with Crippen LogP contribution in [0.2, 0.25) is 0 Å². The summed E-state index contributed by atoms with van der Waals surface area (Å²) in [6, 6.07) is 7.99. The second-order valence-electron chi connectivity index (χ2n) is 3.60. The van der Waals surface area contributed by atoms with E-state index in [0.29, 0.717) is 0 Å². The van der Waals surface area contributed by atoms with Crippen LogP contribution in [0, 0.1) is 10.7 Å². The van der Waals surface area contributed by atoms with Gasteiger partial charge in [0, 0.05) is 22.8 Å². The average molecular weight is 206 g/mol. The zero-order valence-corrected chi connectivity index (χ0v) is 8.67. The molecule has 2 nitrogen and oxygen atoms in total. The first-order chi connectivity index (χ1) is 7.95. The number of allylic oxidation sites excluding steroid dienone is 2. The number of hydrogen-bond acceptors (Lipinski definition) is 2. The molecule has 0 atom stereocenters. The number of nitrogens with zero attached hydrogens (tertiary/aromatic N) is 2. The van der Waals surface area contributed by atoms with Gasteiger partial charge in [-0.05, 0) is 12.1 Å². The highest BCUT2D eigenvalue weighted by atomic mass is 14.7. The lowest BCUT2D eigenvalue weighted by molar-refractivity contribution is 1.11. The lowest BCUT2D eigenvalue weighted by atomic mass is 10.2. The summed E-state index contributed by atoms with van der Waals surface area (Å²) in [4.78, 5) is 8.83. The fourth-order valence-electron chi connectivity index (χ4n) is 1.82. The Kier molecular flexibility index (Phi) is 2.11. The quantitative estimate of drug-likeness (QED) is 0.640. The van der Waals surface area contributed by atoms with Crippen molar-refractivity contribution in [3.05, 3.63) is 69.9 Å². The van der Waals surface area contributed by atoms with Crippen molar-refractivity contribution < 1.29 is 0 Å². The van der Waals surface area contributed by atoms with E-state index < -0.39 is 0 Å². The first-order valence-electron chi connectivity index (χ1n) is 5.20. The molecule has 76 valence electrons. The zero-order chi connectivity index (χ0) is 10.8. The van der Waals surface area contributed by atoms with Gasteiger partial charge >= 0.3 is 0 Å². The Morgan fingerprint density at radius 1 is 0.688 bits per heavy atom. The third-order valence-corrected chi connectivity index (χ3v) is 2.56. The van der Waals surface area contributed by atoms with E-state index in [1.54, 1.807) is 12.4 Å². The number of aromatic nitrogens is 2. The second kappa shape index (κ2) is 3.74. The van der Waals surface area contributed by atoms with Crippen LogP contribution < -0.4 is 10.4 Å². The molecule has 0 aliphatic heterocycles. The third kappa shape index (κ3) is 1.44. The second-order valence-corrected chi connectivity index (χ2v) is 3.60. The summed E-state index contributed by atoms with van der Waals surface area (Å²) in [5.41, 5.74) is 0. The summed E-state index contributed by atoms with van der Waals surface area (Å²) in [6.45, 7) is 0. The zero-order valence-electron chi connectivity index (χ0n) is 8.67. The monoisotopic (exact) mass is 206 g/mol. The van der Waals surface area contributed by atoms with Crippen molar-refractivity contribution in [2.75, 3.05) is 0 Å². The van der Waals surface area contributed by atoms with Gasteiger partial charge in [0.15, 0.2) is 0 Å². The van der Waals surface area contributed by atoms with Gasteiger partial charge in [0.1, 0.15) is 0 Å². The third-order valence-electron chi connectivity index (χ3n) is 2.56. The van der Waals surface area contributed by atoms with Crippen LogP contribution in [0.5, 0.6) is 0 Å². The van der Waals surface area contributed by atoms with E-state index in [2.05, 4.69) is 34.3 Å². The average Bonchev–Trinajstić information content (AvgIpc) is 2.33. The summed E-state index contributed by atoms with van der Waals surface area (Å²) in [5.74, 6) is 0. The van der Waals surface area contributed by atoms with E-state index in [0.717, 1.165) is 21.1 Å². The molecule has 1 aliphatic rings. The molecule has 0 fully saturated rings. The number of fused-ring (bicyclic) bond motifs is 2. The number of rotatable bonds is 0. The lowest BCUT2D eigenvalue weighted by Crippen LogP contribution is -2.13. The molecule has 0 aromatic carbocycles. The molecule has 0 saturated carbocycles. The van der Waals surface area contributed by atoms with Gasteiger partial charge in [0.2, 0.25) is 0 Å². The summed E-state index contributed by atoms with van der Waals surface area (Å²) >= 11 is 0. The van der Waals surface area contributed by atoms with E-state index in [1.807, 2.05) is 24.3 Å². The minimum absolute atomic E-state index is 0.943. The van der Waals surface area contributed by atoms with Crippen molar-refractivity contribution in [1.29, 1.82) is 0 Å². The van der Waals surface area contributed by atoms with E-state index >= 15 is 0 Å². The number of hydrogen-bond donors (Lipinski definition) is 0. The van der Waals surface area contributed by atoms with Crippen LogP contribution in [0.4, 0.5) is 0 Å². The van der Waals surface area contributed by atoms with Gasteiger partial charge in [-0.15, -0.1) is 0 Å². The van der Waals surface area contributed by atoms with Gasteiger partial charge in [0.25, 0.3) is 0 Å². The van der Waals surface area contributed by atoms with Crippen LogP contribution in [-0.4, -0.2) is 9.97 Å². The SMILES string of the molecule is C1=C\C=c2\cccn\c2=c2/nccc/c2=C/1. The first kappa shape index (κ1) is 9.04. The Morgan fingerprint density at radius 2 is 1.19 bits per heavy atom. The fourth-order valence-corrected chi connectivity index (χ4v) is 1.82. The van der Waals surface area contributed by atoms with Gasteiger partial charge in [-0.1, -0.05) is 36.4 Å². The lowest BCUT2D eigenvalue weighted by Gasteiger charge is -1.93. The Hall–Kier alpha value is -2.22. The predicted molar refractivity (Wildman–Crippen MR) is 63.5 cm³/mol. The fraction of sp³-hybridized carbons (Fsp3) is 0. The molecule has 2 aromatic rings. The van der Waals surface area contributed by atoms with E-state index in [9.17, 15) is 0 Å². The van der Waals surface area contributed by atoms with Crippen molar-refractivity contribution >= 4 is 12.2 Å². The van der Waals surface area contributed by atoms with Crippen LogP contribution in [0.3, 0.4) is 0 Å². The topological polar surface area (TPSA) is 25.8 Å². The van der Waals surface area contributed by atoms with E-state index in [4.69, 9.17) is 0 Å². The van der Waals surface area contributed by atoms with Crippen molar-refractivity contribution in [1.82, 2.24) is 9.97 Å². The maximum absolute atomic E-state index is 4.41. The molecule has 0 amide bonds. The molecular formula is C14H10N2. The molecule has 0 unspecified atom stereocenters. The van der Waals surface area contributed by atoms with Crippen molar-refractivity contribution in [2.24, 2.45) is 0 Å². The van der Waals surface area contributed by atoms with E-state index in [-0.39, 0.29) is 0 Å². The molecule has 16 heavy (non-hydrogen) atoms. The predicted octanol–water partition coefficient (Wildman–Crippen LogP) is 0.894. The highest BCUT2D eigenvalue weighted by Crippen LogP contribution is 1.87. The van der Waals surface area contributed by atoms with Crippen molar-refractivity contribution in [2.45, 2.75) is 0 Å². The Morgan fingerprint density at radius 3 is 1.69 bits per heavy atom. The molecule has 1 aliphatic carbocycles. The minimum atomic E-state index is 0.943. The summed E-state index contributed by atoms with van der Waals surface area (Å²) in [6.07, 6.45) is 11.8. The first-order valence-corrected chi connectivity index (χ1v) is 5.20. The molecule has 2 heterocycles. The molecule has 2 aromatic heterocycles. The molecule has 0 spiro atoms. The summed E-state index contributed by atoms with van der Waals surface area (Å²) in [5, 5.41) is 4.09. The van der Waals surface area contributed by atoms with Crippen LogP contribution in [0.25, 0.3) is 12.2 Å².